The molecule has 0 spiro atoms. The number of nitrogens with one attached hydrogen (secondary N) is 2. The van der Waals surface area contributed by atoms with E-state index in [4.69, 9.17) is 11.5 Å². The lowest BCUT2D eigenvalue weighted by atomic mass is 10.2. The van der Waals surface area contributed by atoms with Gasteiger partial charge in [-0.25, -0.2) is 4.98 Å². The Labute approximate surface area is 121 Å². The second-order valence-corrected chi connectivity index (χ2v) is 5.08. The fraction of sp³-hybridized carbons (Fsp3) is 0.154. The van der Waals surface area contributed by atoms with Gasteiger partial charge in [-0.3, -0.25) is 4.79 Å². The van der Waals surface area contributed by atoms with Crippen LogP contribution in [0.4, 0.5) is 11.6 Å². The largest absolute Gasteiger partial charge is 0.370 e. The SMILES string of the molecule is Nc1cc(N)[nH+]c(SCC(=O)NCc2ccccc2)n1. The molecule has 1 aromatic carbocycles. The van der Waals surface area contributed by atoms with Crippen LogP contribution in [0.3, 0.4) is 0 Å². The number of nitrogens with zero attached hydrogens (tertiary/aromatic N) is 1. The van der Waals surface area contributed by atoms with E-state index in [2.05, 4.69) is 15.3 Å². The first-order valence-electron chi connectivity index (χ1n) is 6.02. The molecule has 1 aromatic heterocycles. The topological polar surface area (TPSA) is 108 Å². The van der Waals surface area contributed by atoms with Crippen molar-refractivity contribution in [1.29, 1.82) is 0 Å². The van der Waals surface area contributed by atoms with Crippen molar-refractivity contribution in [3.05, 3.63) is 42.0 Å². The van der Waals surface area contributed by atoms with Crippen LogP contribution in [0.25, 0.3) is 0 Å². The summed E-state index contributed by atoms with van der Waals surface area (Å²) in [6.45, 7) is 0.510. The summed E-state index contributed by atoms with van der Waals surface area (Å²) in [6, 6.07) is 11.3. The zero-order valence-electron chi connectivity index (χ0n) is 10.8. The van der Waals surface area contributed by atoms with Crippen LogP contribution in [0.2, 0.25) is 0 Å². The monoisotopic (exact) mass is 290 g/mol. The van der Waals surface area contributed by atoms with Crippen LogP contribution in [0, 0.1) is 0 Å². The summed E-state index contributed by atoms with van der Waals surface area (Å²) < 4.78 is 0. The molecule has 1 amide bonds. The van der Waals surface area contributed by atoms with Crippen LogP contribution in [0.15, 0.2) is 41.6 Å². The van der Waals surface area contributed by atoms with E-state index in [1.807, 2.05) is 30.3 Å². The van der Waals surface area contributed by atoms with Gasteiger partial charge >= 0.3 is 0 Å². The summed E-state index contributed by atoms with van der Waals surface area (Å²) in [7, 11) is 0. The van der Waals surface area contributed by atoms with Gasteiger partial charge in [-0.2, -0.15) is 0 Å². The lowest BCUT2D eigenvalue weighted by Gasteiger charge is -2.04. The summed E-state index contributed by atoms with van der Waals surface area (Å²) >= 11 is 1.25. The van der Waals surface area contributed by atoms with Gasteiger partial charge in [0.2, 0.25) is 17.5 Å². The second kappa shape index (κ2) is 6.76. The molecule has 1 heterocycles. The molecule has 104 valence electrons. The number of thioether (sulfide) groups is 1. The minimum atomic E-state index is -0.0740. The fourth-order valence-electron chi connectivity index (χ4n) is 1.55. The van der Waals surface area contributed by atoms with Crippen LogP contribution < -0.4 is 21.8 Å². The standard InChI is InChI=1S/C13H15N5OS/c14-10-6-11(15)18-13(17-10)20-8-12(19)16-7-9-4-2-1-3-5-9/h1-6H,7-8H2,(H,16,19)(H4,14,15,17,18)/p+1. The Hall–Kier alpha value is -2.28. The second-order valence-electron chi connectivity index (χ2n) is 4.12. The van der Waals surface area contributed by atoms with Gasteiger partial charge in [0.15, 0.2) is 0 Å². The highest BCUT2D eigenvalue weighted by Gasteiger charge is 2.10. The van der Waals surface area contributed by atoms with Crippen molar-refractivity contribution in [3.8, 4) is 0 Å². The van der Waals surface area contributed by atoms with E-state index in [-0.39, 0.29) is 11.7 Å². The Balaban J connectivity index is 1.80. The van der Waals surface area contributed by atoms with Crippen LogP contribution in [0.1, 0.15) is 5.56 Å². The van der Waals surface area contributed by atoms with Gasteiger partial charge in [-0.05, 0) is 17.3 Å². The highest BCUT2D eigenvalue weighted by Crippen LogP contribution is 2.12. The predicted molar refractivity (Wildman–Crippen MR) is 78.6 cm³/mol. The van der Waals surface area contributed by atoms with E-state index in [0.717, 1.165) is 5.56 Å². The number of carbonyl (C=O) groups is 1. The molecular formula is C13H16N5OS+. The third-order valence-corrected chi connectivity index (χ3v) is 3.33. The van der Waals surface area contributed by atoms with Gasteiger partial charge in [0.25, 0.3) is 5.16 Å². The van der Waals surface area contributed by atoms with Crippen molar-refractivity contribution in [1.82, 2.24) is 10.3 Å². The van der Waals surface area contributed by atoms with Crippen LogP contribution in [-0.4, -0.2) is 16.6 Å². The number of anilines is 2. The molecule has 2 rings (SSSR count). The molecule has 0 bridgehead atoms. The molecule has 0 saturated carbocycles. The minimum absolute atomic E-state index is 0.0740. The highest BCUT2D eigenvalue weighted by molar-refractivity contribution is 7.99. The first kappa shape index (κ1) is 14.1. The van der Waals surface area contributed by atoms with E-state index in [0.29, 0.717) is 23.3 Å². The molecular weight excluding hydrogens is 274 g/mol. The van der Waals surface area contributed by atoms with Crippen LogP contribution >= 0.6 is 11.8 Å². The van der Waals surface area contributed by atoms with Gasteiger partial charge < -0.3 is 16.8 Å². The number of amides is 1. The smallest absolute Gasteiger partial charge is 0.299 e. The fourth-order valence-corrected chi connectivity index (χ4v) is 2.28. The van der Waals surface area contributed by atoms with E-state index in [1.165, 1.54) is 17.8 Å². The first-order chi connectivity index (χ1) is 9.63. The maximum atomic E-state index is 11.7. The number of carbonyl (C=O) groups excluding carboxylic acids is 1. The van der Waals surface area contributed by atoms with Crippen molar-refractivity contribution in [2.24, 2.45) is 0 Å². The minimum Gasteiger partial charge on any atom is -0.370 e. The Kier molecular flexibility index (Phi) is 4.78. The zero-order valence-corrected chi connectivity index (χ0v) is 11.6. The normalized spacial score (nSPS) is 10.2. The summed E-state index contributed by atoms with van der Waals surface area (Å²) in [4.78, 5) is 18.6. The number of rotatable bonds is 5. The van der Waals surface area contributed by atoms with Gasteiger partial charge in [0.05, 0.1) is 11.8 Å². The number of H-pyrrole nitrogens is 1. The predicted octanol–water partition coefficient (Wildman–Crippen LogP) is 0.469. The molecule has 0 saturated heterocycles. The molecule has 6 nitrogen and oxygen atoms in total. The summed E-state index contributed by atoms with van der Waals surface area (Å²) in [5.74, 6) is 0.923. The van der Waals surface area contributed by atoms with Crippen LogP contribution in [0.5, 0.6) is 0 Å². The molecule has 20 heavy (non-hydrogen) atoms. The third kappa shape index (κ3) is 4.43. The number of nitrogen functional groups attached to an aromatic ring is 2. The van der Waals surface area contributed by atoms with Gasteiger partial charge in [-0.15, -0.1) is 0 Å². The maximum Gasteiger partial charge on any atom is 0.299 e. The summed E-state index contributed by atoms with van der Waals surface area (Å²) in [5.41, 5.74) is 12.2. The number of nitrogens with two attached hydrogens (primary N) is 2. The Morgan fingerprint density at radius 2 is 2.05 bits per heavy atom. The number of benzene rings is 1. The van der Waals surface area contributed by atoms with Gasteiger partial charge in [0.1, 0.15) is 0 Å². The molecule has 0 fully saturated rings. The third-order valence-electron chi connectivity index (χ3n) is 2.46. The lowest BCUT2D eigenvalue weighted by molar-refractivity contribution is -0.416. The summed E-state index contributed by atoms with van der Waals surface area (Å²) in [5, 5.41) is 3.36. The van der Waals surface area contributed by atoms with E-state index in [9.17, 15) is 4.79 Å². The quantitative estimate of drug-likeness (QED) is 0.548. The lowest BCUT2D eigenvalue weighted by Crippen LogP contribution is -2.25. The zero-order chi connectivity index (χ0) is 14.4. The molecule has 0 unspecified atom stereocenters. The Morgan fingerprint density at radius 1 is 1.30 bits per heavy atom. The van der Waals surface area contributed by atoms with Crippen molar-refractivity contribution >= 4 is 29.3 Å². The Morgan fingerprint density at radius 3 is 2.75 bits per heavy atom. The average Bonchev–Trinajstić information content (AvgIpc) is 2.43. The van der Waals surface area contributed by atoms with Crippen LogP contribution in [-0.2, 0) is 11.3 Å². The highest BCUT2D eigenvalue weighted by atomic mass is 32.2. The maximum absolute atomic E-state index is 11.7. The Bertz CT molecular complexity index is 570. The van der Waals surface area contributed by atoms with E-state index >= 15 is 0 Å². The molecule has 7 heteroatoms. The molecule has 6 N–H and O–H groups in total. The van der Waals surface area contributed by atoms with Crippen molar-refractivity contribution in [2.45, 2.75) is 11.7 Å². The van der Waals surface area contributed by atoms with Crippen molar-refractivity contribution < 1.29 is 9.78 Å². The number of aromatic nitrogens is 2. The van der Waals surface area contributed by atoms with E-state index in [1.54, 1.807) is 0 Å². The molecule has 0 aliphatic carbocycles. The summed E-state index contributed by atoms with van der Waals surface area (Å²) in [6.07, 6.45) is 0. The van der Waals surface area contributed by atoms with Gasteiger partial charge in [0, 0.05) is 6.54 Å². The van der Waals surface area contributed by atoms with Crippen molar-refractivity contribution in [3.63, 3.8) is 0 Å². The molecule has 2 aromatic rings. The van der Waals surface area contributed by atoms with Gasteiger partial charge in [-0.1, -0.05) is 35.3 Å². The number of hydrogen-bond donors (Lipinski definition) is 3. The molecule has 0 aliphatic heterocycles. The van der Waals surface area contributed by atoms with E-state index < -0.39 is 0 Å². The molecule has 0 aliphatic rings. The first-order valence-corrected chi connectivity index (χ1v) is 7.01. The molecule has 0 radical (unpaired) electrons. The average molecular weight is 290 g/mol. The molecule has 0 atom stereocenters. The number of aromatic amines is 1. The number of hydrogen-bond acceptors (Lipinski definition) is 5. The van der Waals surface area contributed by atoms with Crippen molar-refractivity contribution in [2.75, 3.05) is 17.2 Å².